The normalized spacial score (nSPS) is 22.0. The second-order valence-corrected chi connectivity index (χ2v) is 7.12. The van der Waals surface area contributed by atoms with Crippen molar-refractivity contribution >= 4 is 5.97 Å². The minimum absolute atomic E-state index is 0.247. The summed E-state index contributed by atoms with van der Waals surface area (Å²) in [6, 6.07) is 0. The summed E-state index contributed by atoms with van der Waals surface area (Å²) in [6.07, 6.45) is 2.00. The first kappa shape index (κ1) is 19.4. The van der Waals surface area contributed by atoms with E-state index in [-0.39, 0.29) is 6.61 Å². The number of hydrogen-bond acceptors (Lipinski definition) is 3. The maximum absolute atomic E-state index is 13.9. The van der Waals surface area contributed by atoms with Crippen molar-refractivity contribution in [2.75, 3.05) is 6.61 Å². The van der Waals surface area contributed by atoms with E-state index in [1.165, 1.54) is 0 Å². The molecule has 0 spiro atoms. The van der Waals surface area contributed by atoms with Gasteiger partial charge in [0.1, 0.15) is 6.61 Å². The number of hydrogen-bond donors (Lipinski definition) is 1. The Morgan fingerprint density at radius 1 is 1.16 bits per heavy atom. The molecule has 0 bridgehead atoms. The van der Waals surface area contributed by atoms with E-state index in [2.05, 4.69) is 0 Å². The van der Waals surface area contributed by atoms with Crippen molar-refractivity contribution in [3.8, 4) is 0 Å². The minimum atomic E-state index is -1.57. The molecule has 0 heterocycles. The molecule has 1 atom stereocenters. The number of esters is 1. The van der Waals surface area contributed by atoms with Gasteiger partial charge < -0.3 is 9.84 Å². The van der Waals surface area contributed by atoms with Gasteiger partial charge in [0, 0.05) is 5.56 Å². The fourth-order valence-electron chi connectivity index (χ4n) is 2.95. The summed E-state index contributed by atoms with van der Waals surface area (Å²) < 4.78 is 59.9. The molecule has 1 aromatic rings. The highest BCUT2D eigenvalue weighted by molar-refractivity contribution is 5.84. The Labute approximate surface area is 143 Å². The second kappa shape index (κ2) is 6.44. The molecule has 0 amide bonds. The zero-order valence-electron chi connectivity index (χ0n) is 14.5. The van der Waals surface area contributed by atoms with Crippen molar-refractivity contribution in [2.24, 2.45) is 10.8 Å². The smallest absolute Gasteiger partial charge is 0.316 e. The van der Waals surface area contributed by atoms with Crippen molar-refractivity contribution in [1.29, 1.82) is 0 Å². The first-order chi connectivity index (χ1) is 11.5. The minimum Gasteiger partial charge on any atom is -0.460 e. The predicted octanol–water partition coefficient (Wildman–Crippen LogP) is 3.95. The van der Waals surface area contributed by atoms with Crippen LogP contribution in [0.4, 0.5) is 17.6 Å². The van der Waals surface area contributed by atoms with Crippen LogP contribution in [-0.2, 0) is 16.1 Å². The van der Waals surface area contributed by atoms with Crippen LogP contribution in [0.2, 0.25) is 0 Å². The highest BCUT2D eigenvalue weighted by atomic mass is 19.2. The molecule has 1 N–H and O–H groups in total. The zero-order valence-corrected chi connectivity index (χ0v) is 14.5. The average molecular weight is 360 g/mol. The maximum Gasteiger partial charge on any atom is 0.316 e. The Bertz CT molecular complexity index is 726. The lowest BCUT2D eigenvalue weighted by Crippen LogP contribution is -2.23. The van der Waals surface area contributed by atoms with Crippen LogP contribution >= 0.6 is 0 Å². The largest absolute Gasteiger partial charge is 0.460 e. The molecule has 0 aromatic heterocycles. The molecule has 0 saturated heterocycles. The monoisotopic (exact) mass is 360 g/mol. The standard InChI is InChI=1S/C18H20F4O3/c1-9(6-23)5-18(8-17(18,3)4)16(24)25-7-11-14(21)12(19)10(2)13(20)15(11)22/h5,23H,6-8H2,1-4H3/b9-5+. The van der Waals surface area contributed by atoms with Gasteiger partial charge in [-0.2, -0.15) is 0 Å². The lowest BCUT2D eigenvalue weighted by atomic mass is 9.93. The quantitative estimate of drug-likeness (QED) is 0.374. The van der Waals surface area contributed by atoms with Crippen LogP contribution in [0.1, 0.15) is 38.3 Å². The lowest BCUT2D eigenvalue weighted by Gasteiger charge is -2.17. The molecular formula is C18H20F4O3. The second-order valence-electron chi connectivity index (χ2n) is 7.12. The highest BCUT2D eigenvalue weighted by Gasteiger charge is 2.66. The number of aliphatic hydroxyl groups is 1. The van der Waals surface area contributed by atoms with Gasteiger partial charge in [-0.25, -0.2) is 17.6 Å². The van der Waals surface area contributed by atoms with Crippen molar-refractivity contribution in [3.63, 3.8) is 0 Å². The first-order valence-electron chi connectivity index (χ1n) is 7.76. The van der Waals surface area contributed by atoms with Crippen LogP contribution in [0, 0.1) is 41.0 Å². The number of rotatable bonds is 5. The average Bonchev–Trinajstić information content (AvgIpc) is 3.12. The summed E-state index contributed by atoms with van der Waals surface area (Å²) in [6.45, 7) is 4.99. The Hall–Kier alpha value is -1.89. The van der Waals surface area contributed by atoms with Crippen LogP contribution in [-0.4, -0.2) is 17.7 Å². The summed E-state index contributed by atoms with van der Waals surface area (Å²) >= 11 is 0. The van der Waals surface area contributed by atoms with Gasteiger partial charge >= 0.3 is 5.97 Å². The first-order valence-corrected chi connectivity index (χ1v) is 7.76. The van der Waals surface area contributed by atoms with Gasteiger partial charge in [0.2, 0.25) is 0 Å². The molecule has 1 fully saturated rings. The van der Waals surface area contributed by atoms with E-state index in [0.29, 0.717) is 12.0 Å². The van der Waals surface area contributed by atoms with E-state index in [1.54, 1.807) is 13.0 Å². The van der Waals surface area contributed by atoms with E-state index >= 15 is 0 Å². The molecule has 0 aliphatic heterocycles. The van der Waals surface area contributed by atoms with Gasteiger partial charge in [0.15, 0.2) is 23.3 Å². The number of halogens is 4. The predicted molar refractivity (Wildman–Crippen MR) is 82.5 cm³/mol. The number of carbonyl (C=O) groups excluding carboxylic acids is 1. The molecule has 1 aliphatic carbocycles. The van der Waals surface area contributed by atoms with Crippen LogP contribution in [0.25, 0.3) is 0 Å². The molecule has 2 rings (SSSR count). The van der Waals surface area contributed by atoms with E-state index in [1.807, 2.05) is 13.8 Å². The van der Waals surface area contributed by atoms with Gasteiger partial charge in [0.25, 0.3) is 0 Å². The molecule has 0 radical (unpaired) electrons. The number of aliphatic hydroxyl groups excluding tert-OH is 1. The molecule has 1 unspecified atom stereocenters. The van der Waals surface area contributed by atoms with Crippen LogP contribution in [0.15, 0.2) is 11.6 Å². The van der Waals surface area contributed by atoms with Crippen LogP contribution < -0.4 is 0 Å². The Balaban J connectivity index is 2.27. The molecule has 25 heavy (non-hydrogen) atoms. The summed E-state index contributed by atoms with van der Waals surface area (Å²) in [7, 11) is 0. The number of ether oxygens (including phenoxy) is 1. The third-order valence-corrected chi connectivity index (χ3v) is 4.83. The van der Waals surface area contributed by atoms with Crippen molar-refractivity contribution in [1.82, 2.24) is 0 Å². The molecule has 1 aliphatic rings. The maximum atomic E-state index is 13.9. The third kappa shape index (κ3) is 3.17. The van der Waals surface area contributed by atoms with Crippen molar-refractivity contribution < 1.29 is 32.2 Å². The van der Waals surface area contributed by atoms with Gasteiger partial charge in [-0.05, 0) is 25.7 Å². The molecular weight excluding hydrogens is 340 g/mol. The van der Waals surface area contributed by atoms with Gasteiger partial charge in [-0.1, -0.05) is 25.5 Å². The fourth-order valence-corrected chi connectivity index (χ4v) is 2.95. The van der Waals surface area contributed by atoms with Crippen molar-refractivity contribution in [2.45, 2.75) is 40.7 Å². The fraction of sp³-hybridized carbons (Fsp3) is 0.500. The summed E-state index contributed by atoms with van der Waals surface area (Å²) in [5, 5.41) is 9.14. The summed E-state index contributed by atoms with van der Waals surface area (Å²) in [5.41, 5.74) is -2.68. The zero-order chi connectivity index (χ0) is 19.2. The Morgan fingerprint density at radius 3 is 2.04 bits per heavy atom. The molecule has 1 aromatic carbocycles. The van der Waals surface area contributed by atoms with E-state index in [0.717, 1.165) is 6.92 Å². The summed E-state index contributed by atoms with van der Waals surface area (Å²) in [5.74, 6) is -6.93. The van der Waals surface area contributed by atoms with Crippen LogP contribution in [0.5, 0.6) is 0 Å². The van der Waals surface area contributed by atoms with Gasteiger partial charge in [0.05, 0.1) is 17.6 Å². The van der Waals surface area contributed by atoms with E-state index < -0.39 is 57.8 Å². The van der Waals surface area contributed by atoms with E-state index in [4.69, 9.17) is 9.84 Å². The number of benzene rings is 1. The molecule has 1 saturated carbocycles. The topological polar surface area (TPSA) is 46.5 Å². The molecule has 7 heteroatoms. The number of carbonyl (C=O) groups is 1. The Morgan fingerprint density at radius 2 is 1.64 bits per heavy atom. The summed E-state index contributed by atoms with van der Waals surface area (Å²) in [4.78, 5) is 12.4. The third-order valence-electron chi connectivity index (χ3n) is 4.83. The van der Waals surface area contributed by atoms with Crippen LogP contribution in [0.3, 0.4) is 0 Å². The van der Waals surface area contributed by atoms with Gasteiger partial charge in [-0.3, -0.25) is 4.79 Å². The van der Waals surface area contributed by atoms with E-state index in [9.17, 15) is 22.4 Å². The molecule has 3 nitrogen and oxygen atoms in total. The highest BCUT2D eigenvalue weighted by Crippen LogP contribution is 2.65. The lowest BCUT2D eigenvalue weighted by molar-refractivity contribution is -0.151. The molecule has 138 valence electrons. The van der Waals surface area contributed by atoms with Crippen molar-refractivity contribution in [3.05, 3.63) is 46.0 Å². The Kier molecular flexibility index (Phi) is 5.01. The van der Waals surface area contributed by atoms with Gasteiger partial charge in [-0.15, -0.1) is 0 Å². The SMILES string of the molecule is C/C(=C\C1(C(=O)OCc2c(F)c(F)c(C)c(F)c2F)CC1(C)C)CO.